The third kappa shape index (κ3) is 4.29. The van der Waals surface area contributed by atoms with Crippen LogP contribution in [0.3, 0.4) is 0 Å². The second-order valence-corrected chi connectivity index (χ2v) is 9.07. The van der Waals surface area contributed by atoms with Gasteiger partial charge in [-0.1, -0.05) is 35.7 Å². The Balaban J connectivity index is 2.03. The standard InChI is InChI=1S/C14H19Br2NO2S/c1-10-3-2-4-11(7-10)9-17-20(18,19)14-6-5-12(15)8-13(14)16/h5-6,8,10-11,17H,2-4,7,9H2,1H3. The summed E-state index contributed by atoms with van der Waals surface area (Å²) in [4.78, 5) is 0.296. The first-order chi connectivity index (χ1) is 9.38. The molecule has 1 saturated carbocycles. The molecule has 0 radical (unpaired) electrons. The highest BCUT2D eigenvalue weighted by Gasteiger charge is 2.23. The number of hydrogen-bond donors (Lipinski definition) is 1. The van der Waals surface area contributed by atoms with Gasteiger partial charge in [0, 0.05) is 15.5 Å². The SMILES string of the molecule is CC1CCCC(CNS(=O)(=O)c2ccc(Br)cc2Br)C1. The van der Waals surface area contributed by atoms with E-state index in [2.05, 4.69) is 43.5 Å². The molecule has 6 heteroatoms. The van der Waals surface area contributed by atoms with Crippen molar-refractivity contribution in [2.45, 2.75) is 37.5 Å². The molecule has 1 aliphatic rings. The Morgan fingerprint density at radius 1 is 1.30 bits per heavy atom. The Morgan fingerprint density at radius 2 is 2.05 bits per heavy atom. The van der Waals surface area contributed by atoms with Crippen molar-refractivity contribution in [3.05, 3.63) is 27.1 Å². The van der Waals surface area contributed by atoms with E-state index in [1.165, 1.54) is 12.8 Å². The van der Waals surface area contributed by atoms with Crippen LogP contribution in [-0.4, -0.2) is 15.0 Å². The average Bonchev–Trinajstić information content (AvgIpc) is 2.36. The quantitative estimate of drug-likeness (QED) is 0.782. The van der Waals surface area contributed by atoms with Gasteiger partial charge in [0.25, 0.3) is 0 Å². The van der Waals surface area contributed by atoms with Crippen molar-refractivity contribution in [1.82, 2.24) is 4.72 Å². The van der Waals surface area contributed by atoms with E-state index < -0.39 is 10.0 Å². The Hall–Kier alpha value is 0.0900. The van der Waals surface area contributed by atoms with Crippen molar-refractivity contribution in [1.29, 1.82) is 0 Å². The smallest absolute Gasteiger partial charge is 0.211 e. The number of sulfonamides is 1. The van der Waals surface area contributed by atoms with Gasteiger partial charge >= 0.3 is 0 Å². The lowest BCUT2D eigenvalue weighted by Crippen LogP contribution is -2.31. The molecule has 20 heavy (non-hydrogen) atoms. The molecule has 0 saturated heterocycles. The fourth-order valence-electron chi connectivity index (χ4n) is 2.74. The van der Waals surface area contributed by atoms with Crippen LogP contribution >= 0.6 is 31.9 Å². The first-order valence-corrected chi connectivity index (χ1v) is 9.90. The molecule has 2 atom stereocenters. The van der Waals surface area contributed by atoms with Crippen LogP contribution in [0.1, 0.15) is 32.6 Å². The number of halogens is 2. The Morgan fingerprint density at radius 3 is 2.70 bits per heavy atom. The minimum absolute atomic E-state index is 0.296. The summed E-state index contributed by atoms with van der Waals surface area (Å²) in [5.74, 6) is 1.17. The summed E-state index contributed by atoms with van der Waals surface area (Å²) in [5, 5.41) is 0. The van der Waals surface area contributed by atoms with Gasteiger partial charge in [-0.3, -0.25) is 0 Å². The van der Waals surface area contributed by atoms with Gasteiger partial charge in [-0.15, -0.1) is 0 Å². The lowest BCUT2D eigenvalue weighted by molar-refractivity contribution is 0.283. The molecule has 0 bridgehead atoms. The summed E-state index contributed by atoms with van der Waals surface area (Å²) in [7, 11) is -3.44. The normalized spacial score (nSPS) is 23.8. The van der Waals surface area contributed by atoms with Crippen LogP contribution in [0.2, 0.25) is 0 Å². The van der Waals surface area contributed by atoms with E-state index in [4.69, 9.17) is 0 Å². The predicted molar refractivity (Wildman–Crippen MR) is 88.2 cm³/mol. The number of hydrogen-bond acceptors (Lipinski definition) is 2. The molecule has 2 rings (SSSR count). The number of rotatable bonds is 4. The maximum Gasteiger partial charge on any atom is 0.241 e. The van der Waals surface area contributed by atoms with E-state index in [9.17, 15) is 8.42 Å². The summed E-state index contributed by atoms with van der Waals surface area (Å²) < 4.78 is 28.8. The fraction of sp³-hybridized carbons (Fsp3) is 0.571. The van der Waals surface area contributed by atoms with Crippen molar-refractivity contribution in [2.24, 2.45) is 11.8 Å². The molecular formula is C14H19Br2NO2S. The number of benzene rings is 1. The summed E-state index contributed by atoms with van der Waals surface area (Å²) in [6.07, 6.45) is 4.70. The van der Waals surface area contributed by atoms with Crippen LogP contribution in [0.5, 0.6) is 0 Å². The molecule has 0 aromatic heterocycles. The first-order valence-electron chi connectivity index (χ1n) is 6.83. The van der Waals surface area contributed by atoms with E-state index in [0.29, 0.717) is 27.7 Å². The molecule has 112 valence electrons. The largest absolute Gasteiger partial charge is 0.241 e. The van der Waals surface area contributed by atoms with Crippen molar-refractivity contribution < 1.29 is 8.42 Å². The van der Waals surface area contributed by atoms with Gasteiger partial charge in [0.1, 0.15) is 0 Å². The highest BCUT2D eigenvalue weighted by atomic mass is 79.9. The lowest BCUT2D eigenvalue weighted by Gasteiger charge is -2.26. The Bertz CT molecular complexity index is 575. The molecule has 0 amide bonds. The zero-order valence-corrected chi connectivity index (χ0v) is 15.4. The molecule has 1 fully saturated rings. The molecule has 1 N–H and O–H groups in total. The molecular weight excluding hydrogens is 406 g/mol. The monoisotopic (exact) mass is 423 g/mol. The number of nitrogens with one attached hydrogen (secondary N) is 1. The maximum absolute atomic E-state index is 12.3. The second-order valence-electron chi connectivity index (χ2n) is 5.56. The second kappa shape index (κ2) is 6.90. The molecule has 2 unspecified atom stereocenters. The summed E-state index contributed by atoms with van der Waals surface area (Å²) in [5.41, 5.74) is 0. The minimum atomic E-state index is -3.44. The third-order valence-electron chi connectivity index (χ3n) is 3.79. The predicted octanol–water partition coefficient (Wildman–Crippen LogP) is 4.32. The van der Waals surface area contributed by atoms with E-state index in [0.717, 1.165) is 17.3 Å². The summed E-state index contributed by atoms with van der Waals surface area (Å²) >= 11 is 6.64. The lowest BCUT2D eigenvalue weighted by atomic mass is 9.83. The average molecular weight is 425 g/mol. The van der Waals surface area contributed by atoms with Crippen LogP contribution in [0.25, 0.3) is 0 Å². The fourth-order valence-corrected chi connectivity index (χ4v) is 5.60. The van der Waals surface area contributed by atoms with Crippen molar-refractivity contribution in [3.8, 4) is 0 Å². The van der Waals surface area contributed by atoms with E-state index in [-0.39, 0.29) is 0 Å². The third-order valence-corrected chi connectivity index (χ3v) is 6.68. The van der Waals surface area contributed by atoms with Crippen LogP contribution in [0.4, 0.5) is 0 Å². The van der Waals surface area contributed by atoms with Crippen LogP contribution < -0.4 is 4.72 Å². The maximum atomic E-state index is 12.3. The molecule has 1 aromatic carbocycles. The molecule has 1 aromatic rings. The van der Waals surface area contributed by atoms with Gasteiger partial charge in [-0.2, -0.15) is 0 Å². The Kier molecular flexibility index (Phi) is 5.68. The zero-order chi connectivity index (χ0) is 14.8. The van der Waals surface area contributed by atoms with Gasteiger partial charge < -0.3 is 0 Å². The van der Waals surface area contributed by atoms with Crippen LogP contribution in [0.15, 0.2) is 32.0 Å². The van der Waals surface area contributed by atoms with Gasteiger partial charge in [0.15, 0.2) is 0 Å². The molecule has 3 nitrogen and oxygen atoms in total. The van der Waals surface area contributed by atoms with Gasteiger partial charge in [-0.25, -0.2) is 13.1 Å². The van der Waals surface area contributed by atoms with E-state index in [1.807, 2.05) is 0 Å². The highest BCUT2D eigenvalue weighted by molar-refractivity contribution is 9.11. The van der Waals surface area contributed by atoms with E-state index >= 15 is 0 Å². The summed E-state index contributed by atoms with van der Waals surface area (Å²) in [6, 6.07) is 5.10. The topological polar surface area (TPSA) is 46.2 Å². The first kappa shape index (κ1) is 16.5. The van der Waals surface area contributed by atoms with E-state index in [1.54, 1.807) is 18.2 Å². The van der Waals surface area contributed by atoms with Gasteiger partial charge in [0.05, 0.1) is 4.90 Å². The molecule has 0 spiro atoms. The summed E-state index contributed by atoms with van der Waals surface area (Å²) in [6.45, 7) is 2.78. The van der Waals surface area contributed by atoms with Crippen molar-refractivity contribution in [2.75, 3.05) is 6.54 Å². The molecule has 0 heterocycles. The Labute approximate surface area is 137 Å². The van der Waals surface area contributed by atoms with Crippen LogP contribution in [0, 0.1) is 11.8 Å². The van der Waals surface area contributed by atoms with Gasteiger partial charge in [-0.05, 0) is 58.8 Å². The molecule has 1 aliphatic carbocycles. The van der Waals surface area contributed by atoms with Crippen molar-refractivity contribution in [3.63, 3.8) is 0 Å². The molecule has 0 aliphatic heterocycles. The van der Waals surface area contributed by atoms with Crippen LogP contribution in [-0.2, 0) is 10.0 Å². The van der Waals surface area contributed by atoms with Crippen molar-refractivity contribution >= 4 is 41.9 Å². The zero-order valence-electron chi connectivity index (χ0n) is 11.4. The van der Waals surface area contributed by atoms with Gasteiger partial charge in [0.2, 0.25) is 10.0 Å². The highest BCUT2D eigenvalue weighted by Crippen LogP contribution is 2.29. The minimum Gasteiger partial charge on any atom is -0.211 e.